The molecule has 1 amide bonds. The van der Waals surface area contributed by atoms with Gasteiger partial charge in [-0.1, -0.05) is 40.9 Å². The van der Waals surface area contributed by atoms with Gasteiger partial charge in [0.05, 0.1) is 31.0 Å². The van der Waals surface area contributed by atoms with E-state index in [0.717, 1.165) is 43.3 Å². The Bertz CT molecular complexity index is 1550. The number of hydrogen-bond donors (Lipinski definition) is 1. The van der Waals surface area contributed by atoms with Crippen molar-refractivity contribution in [3.63, 3.8) is 0 Å². The van der Waals surface area contributed by atoms with Crippen molar-refractivity contribution in [3.8, 4) is 5.75 Å². The Morgan fingerprint density at radius 2 is 1.73 bits per heavy atom. The van der Waals surface area contributed by atoms with Gasteiger partial charge in [0.2, 0.25) is 11.7 Å². The Balaban J connectivity index is 0.993. The van der Waals surface area contributed by atoms with Crippen LogP contribution in [0.3, 0.4) is 0 Å². The minimum absolute atomic E-state index is 0.0332. The molecule has 3 heterocycles. The maximum atomic E-state index is 12.5. The second kappa shape index (κ2) is 13.8. The first kappa shape index (κ1) is 30.7. The first-order valence-corrected chi connectivity index (χ1v) is 15.5. The van der Waals surface area contributed by atoms with Crippen LogP contribution >= 0.6 is 34.8 Å². The normalized spacial score (nSPS) is 20.5. The topological polar surface area (TPSA) is 81.1 Å². The predicted molar refractivity (Wildman–Crippen MR) is 172 cm³/mol. The second-order valence-corrected chi connectivity index (χ2v) is 12.1. The summed E-state index contributed by atoms with van der Waals surface area (Å²) in [6, 6.07) is 20.5. The van der Waals surface area contributed by atoms with Crippen molar-refractivity contribution < 1.29 is 19.0 Å². The molecule has 0 spiro atoms. The van der Waals surface area contributed by atoms with Crippen molar-refractivity contribution in [3.05, 3.63) is 106 Å². The molecule has 2 unspecified atom stereocenters. The van der Waals surface area contributed by atoms with Crippen molar-refractivity contribution >= 4 is 52.1 Å². The van der Waals surface area contributed by atoms with Crippen LogP contribution in [0.1, 0.15) is 5.56 Å². The van der Waals surface area contributed by atoms with Crippen LogP contribution in [0.5, 0.6) is 5.75 Å². The predicted octanol–water partition coefficient (Wildman–Crippen LogP) is 5.95. The van der Waals surface area contributed by atoms with E-state index in [2.05, 4.69) is 32.2 Å². The van der Waals surface area contributed by atoms with Crippen LogP contribution in [-0.2, 0) is 26.6 Å². The van der Waals surface area contributed by atoms with E-state index in [-0.39, 0.29) is 12.0 Å². The van der Waals surface area contributed by atoms with Crippen LogP contribution < -0.4 is 15.0 Å². The molecule has 230 valence electrons. The molecule has 4 aromatic rings. The van der Waals surface area contributed by atoms with Gasteiger partial charge in [0, 0.05) is 65.6 Å². The molecule has 0 aliphatic carbocycles. The summed E-state index contributed by atoms with van der Waals surface area (Å²) in [5, 5.41) is 4.57. The molecule has 1 aromatic heterocycles. The molecule has 2 fully saturated rings. The zero-order valence-electron chi connectivity index (χ0n) is 23.9. The molecule has 12 heteroatoms. The van der Waals surface area contributed by atoms with E-state index in [1.54, 1.807) is 48.9 Å². The third-order valence-corrected chi connectivity index (χ3v) is 8.46. The molecule has 0 bridgehead atoms. The standard InChI is InChI=1S/C32H32Cl3N5O4/c33-23-1-4-25(5-2-23)37-31(41)18-38-13-15-40(16-14-38)26-6-8-27(9-7-26)42-19-28-20-43-32(44-28,21-39-12-11-36-22-39)29-10-3-24(34)17-30(29)35/h1-12,17,22,28H,13-16,18-21H2,(H,37,41). The summed E-state index contributed by atoms with van der Waals surface area (Å²) in [7, 11) is 0. The summed E-state index contributed by atoms with van der Waals surface area (Å²) >= 11 is 18.6. The van der Waals surface area contributed by atoms with Gasteiger partial charge >= 0.3 is 0 Å². The third-order valence-electron chi connectivity index (χ3n) is 7.66. The molecule has 0 radical (unpaired) electrons. The number of ether oxygens (including phenoxy) is 3. The summed E-state index contributed by atoms with van der Waals surface area (Å²) in [6.07, 6.45) is 4.96. The number of anilines is 2. The van der Waals surface area contributed by atoms with E-state index in [9.17, 15) is 4.79 Å². The Kier molecular flexibility index (Phi) is 9.61. The van der Waals surface area contributed by atoms with Crippen LogP contribution in [0.25, 0.3) is 0 Å². The van der Waals surface area contributed by atoms with Gasteiger partial charge in [0.1, 0.15) is 18.5 Å². The Labute approximate surface area is 271 Å². The number of aromatic nitrogens is 2. The minimum Gasteiger partial charge on any atom is -0.491 e. The molecule has 2 aliphatic rings. The monoisotopic (exact) mass is 655 g/mol. The lowest BCUT2D eigenvalue weighted by Crippen LogP contribution is -2.48. The second-order valence-electron chi connectivity index (χ2n) is 10.8. The number of benzene rings is 3. The number of nitrogens with one attached hydrogen (secondary N) is 1. The number of amides is 1. The van der Waals surface area contributed by atoms with Gasteiger partial charge in [-0.05, 0) is 60.7 Å². The number of carbonyl (C=O) groups is 1. The van der Waals surface area contributed by atoms with Gasteiger partial charge in [-0.3, -0.25) is 9.69 Å². The van der Waals surface area contributed by atoms with E-state index >= 15 is 0 Å². The van der Waals surface area contributed by atoms with Crippen LogP contribution in [-0.4, -0.2) is 72.4 Å². The van der Waals surface area contributed by atoms with Crippen molar-refractivity contribution in [1.82, 2.24) is 14.5 Å². The molecule has 2 saturated heterocycles. The highest BCUT2D eigenvalue weighted by atomic mass is 35.5. The summed E-state index contributed by atoms with van der Waals surface area (Å²) in [5.74, 6) is -0.389. The first-order chi connectivity index (χ1) is 21.3. The molecule has 2 atom stereocenters. The van der Waals surface area contributed by atoms with Gasteiger partial charge in [0.25, 0.3) is 0 Å². The van der Waals surface area contributed by atoms with Crippen molar-refractivity contribution in [1.29, 1.82) is 0 Å². The number of carbonyl (C=O) groups excluding carboxylic acids is 1. The fourth-order valence-electron chi connectivity index (χ4n) is 5.42. The number of piperazine rings is 1. The average molecular weight is 657 g/mol. The number of hydrogen-bond acceptors (Lipinski definition) is 7. The lowest BCUT2D eigenvalue weighted by Gasteiger charge is -2.35. The van der Waals surface area contributed by atoms with E-state index in [1.807, 2.05) is 29.0 Å². The highest BCUT2D eigenvalue weighted by Crippen LogP contribution is 2.40. The summed E-state index contributed by atoms with van der Waals surface area (Å²) in [4.78, 5) is 21.1. The first-order valence-electron chi connectivity index (χ1n) is 14.3. The van der Waals surface area contributed by atoms with Gasteiger partial charge < -0.3 is 29.0 Å². The minimum atomic E-state index is -1.10. The Hall–Kier alpha value is -3.31. The smallest absolute Gasteiger partial charge is 0.238 e. The molecule has 9 nitrogen and oxygen atoms in total. The van der Waals surface area contributed by atoms with E-state index in [4.69, 9.17) is 49.0 Å². The molecule has 0 saturated carbocycles. The molecule has 3 aromatic carbocycles. The number of rotatable bonds is 10. The van der Waals surface area contributed by atoms with Crippen LogP contribution in [0, 0.1) is 0 Å². The molecule has 1 N–H and O–H groups in total. The highest BCUT2D eigenvalue weighted by Gasteiger charge is 2.45. The van der Waals surface area contributed by atoms with Crippen molar-refractivity contribution in [2.24, 2.45) is 0 Å². The molecule has 44 heavy (non-hydrogen) atoms. The quantitative estimate of drug-likeness (QED) is 0.226. The molecule has 6 rings (SSSR count). The third kappa shape index (κ3) is 7.48. The number of nitrogens with zero attached hydrogens (tertiary/aromatic N) is 4. The van der Waals surface area contributed by atoms with Gasteiger partial charge in [-0.2, -0.15) is 0 Å². The zero-order valence-corrected chi connectivity index (χ0v) is 26.1. The highest BCUT2D eigenvalue weighted by molar-refractivity contribution is 6.35. The van der Waals surface area contributed by atoms with Crippen molar-refractivity contribution in [2.75, 3.05) is 56.2 Å². The summed E-state index contributed by atoms with van der Waals surface area (Å²) in [5.41, 5.74) is 2.55. The van der Waals surface area contributed by atoms with E-state index in [1.165, 1.54) is 0 Å². The summed E-state index contributed by atoms with van der Waals surface area (Å²) in [6.45, 7) is 4.63. The lowest BCUT2D eigenvalue weighted by molar-refractivity contribution is -0.189. The van der Waals surface area contributed by atoms with Crippen LogP contribution in [0.15, 0.2) is 85.5 Å². The zero-order chi connectivity index (χ0) is 30.5. The number of imidazole rings is 1. The van der Waals surface area contributed by atoms with E-state index < -0.39 is 5.79 Å². The van der Waals surface area contributed by atoms with E-state index in [0.29, 0.717) is 46.9 Å². The average Bonchev–Trinajstić information content (AvgIpc) is 3.68. The van der Waals surface area contributed by atoms with Crippen molar-refractivity contribution in [2.45, 2.75) is 18.4 Å². The summed E-state index contributed by atoms with van der Waals surface area (Å²) < 4.78 is 20.7. The Morgan fingerprint density at radius 3 is 2.43 bits per heavy atom. The molecular weight excluding hydrogens is 625 g/mol. The Morgan fingerprint density at radius 1 is 0.977 bits per heavy atom. The van der Waals surface area contributed by atoms with Gasteiger partial charge in [-0.25, -0.2) is 4.98 Å². The van der Waals surface area contributed by atoms with Gasteiger partial charge in [-0.15, -0.1) is 0 Å². The largest absolute Gasteiger partial charge is 0.491 e. The maximum absolute atomic E-state index is 12.5. The lowest BCUT2D eigenvalue weighted by atomic mass is 10.1. The fraction of sp³-hybridized carbons (Fsp3) is 0.312. The fourth-order valence-corrected chi connectivity index (χ4v) is 6.10. The number of halogens is 3. The molecular formula is C32H32Cl3N5O4. The maximum Gasteiger partial charge on any atom is 0.238 e. The molecule has 2 aliphatic heterocycles. The van der Waals surface area contributed by atoms with Crippen LogP contribution in [0.4, 0.5) is 11.4 Å². The van der Waals surface area contributed by atoms with Gasteiger partial charge in [0.15, 0.2) is 0 Å². The van der Waals surface area contributed by atoms with Crippen LogP contribution in [0.2, 0.25) is 15.1 Å². The SMILES string of the molecule is O=C(CN1CCN(c2ccc(OCC3COC(Cn4ccnc4)(c4ccc(Cl)cc4Cl)O3)cc2)CC1)Nc1ccc(Cl)cc1.